The maximum Gasteiger partial charge on any atom is 0.228 e. The smallest absolute Gasteiger partial charge is 0.228 e. The summed E-state index contributed by atoms with van der Waals surface area (Å²) in [5.41, 5.74) is 1.66. The molecule has 3 rings (SSSR count). The quantitative estimate of drug-likeness (QED) is 0.911. The number of hydrogen-bond acceptors (Lipinski definition) is 3. The zero-order valence-corrected chi connectivity index (χ0v) is 11.4. The molecule has 106 valence electrons. The van der Waals surface area contributed by atoms with Crippen molar-refractivity contribution in [3.8, 4) is 0 Å². The first-order chi connectivity index (χ1) is 9.76. The van der Waals surface area contributed by atoms with E-state index in [1.165, 1.54) is 0 Å². The van der Waals surface area contributed by atoms with Gasteiger partial charge in [0.1, 0.15) is 5.65 Å². The lowest BCUT2D eigenvalue weighted by Crippen LogP contribution is -2.41. The number of imidazole rings is 1. The predicted molar refractivity (Wildman–Crippen MR) is 75.3 cm³/mol. The molecule has 1 N–H and O–H groups in total. The molecule has 5 heteroatoms. The molecule has 1 saturated heterocycles. The summed E-state index contributed by atoms with van der Waals surface area (Å²) in [5.74, 6) is 0.334. The van der Waals surface area contributed by atoms with Crippen LogP contribution in [0.4, 0.5) is 0 Å². The molecule has 2 aromatic heterocycles. The van der Waals surface area contributed by atoms with E-state index >= 15 is 0 Å². The number of fused-ring (bicyclic) bond motifs is 1. The van der Waals surface area contributed by atoms with Crippen molar-refractivity contribution in [3.05, 3.63) is 36.3 Å². The summed E-state index contributed by atoms with van der Waals surface area (Å²) in [6.07, 6.45) is 6.15. The third-order valence-corrected chi connectivity index (χ3v) is 3.88. The van der Waals surface area contributed by atoms with Gasteiger partial charge in [0.15, 0.2) is 0 Å². The van der Waals surface area contributed by atoms with Gasteiger partial charge in [-0.3, -0.25) is 4.79 Å². The Kier molecular flexibility index (Phi) is 3.69. The van der Waals surface area contributed by atoms with Gasteiger partial charge in [-0.25, -0.2) is 4.98 Å². The Balaban J connectivity index is 1.68. The van der Waals surface area contributed by atoms with Gasteiger partial charge in [-0.05, 0) is 30.9 Å². The van der Waals surface area contributed by atoms with E-state index in [4.69, 9.17) is 0 Å². The average molecular weight is 273 g/mol. The second-order valence-corrected chi connectivity index (χ2v) is 5.41. The molecule has 1 amide bonds. The number of carbonyl (C=O) groups excluding carboxylic acids is 1. The molecule has 0 aliphatic carbocycles. The first-order valence-electron chi connectivity index (χ1n) is 7.07. The number of amides is 1. The Hall–Kier alpha value is -1.88. The molecule has 0 aromatic carbocycles. The van der Waals surface area contributed by atoms with Crippen LogP contribution in [0.5, 0.6) is 0 Å². The van der Waals surface area contributed by atoms with Crippen LogP contribution in [0.15, 0.2) is 30.6 Å². The minimum atomic E-state index is 0.103. The highest BCUT2D eigenvalue weighted by molar-refractivity contribution is 5.78. The summed E-state index contributed by atoms with van der Waals surface area (Å²) in [6, 6.07) is 5.80. The molecule has 0 bridgehead atoms. The Morgan fingerprint density at radius 2 is 2.35 bits per heavy atom. The number of likely N-dealkylation sites (tertiary alicyclic amines) is 1. The van der Waals surface area contributed by atoms with E-state index in [0.29, 0.717) is 13.0 Å². The third kappa shape index (κ3) is 2.67. The summed E-state index contributed by atoms with van der Waals surface area (Å²) in [4.78, 5) is 18.6. The minimum absolute atomic E-state index is 0.103. The summed E-state index contributed by atoms with van der Waals surface area (Å²) >= 11 is 0. The summed E-state index contributed by atoms with van der Waals surface area (Å²) in [7, 11) is 0. The number of aliphatic hydroxyl groups is 1. The van der Waals surface area contributed by atoms with Crippen LogP contribution in [0.2, 0.25) is 0 Å². The lowest BCUT2D eigenvalue weighted by atomic mass is 9.99. The molecule has 2 aromatic rings. The Morgan fingerprint density at radius 1 is 1.45 bits per heavy atom. The highest BCUT2D eigenvalue weighted by Gasteiger charge is 2.23. The van der Waals surface area contributed by atoms with Gasteiger partial charge in [-0.2, -0.15) is 0 Å². The van der Waals surface area contributed by atoms with Crippen molar-refractivity contribution >= 4 is 11.6 Å². The Morgan fingerprint density at radius 3 is 3.15 bits per heavy atom. The molecule has 0 spiro atoms. The van der Waals surface area contributed by atoms with E-state index in [1.807, 2.05) is 39.9 Å². The van der Waals surface area contributed by atoms with Gasteiger partial charge in [0.2, 0.25) is 5.91 Å². The second kappa shape index (κ2) is 5.63. The van der Waals surface area contributed by atoms with Crippen LogP contribution in [0, 0.1) is 5.92 Å². The zero-order valence-electron chi connectivity index (χ0n) is 11.4. The number of piperidine rings is 1. The molecule has 1 aliphatic heterocycles. The number of carbonyl (C=O) groups is 1. The fourth-order valence-electron chi connectivity index (χ4n) is 2.78. The van der Waals surface area contributed by atoms with Crippen LogP contribution >= 0.6 is 0 Å². The minimum Gasteiger partial charge on any atom is -0.396 e. The normalized spacial score (nSPS) is 19.4. The molecule has 5 nitrogen and oxygen atoms in total. The molecule has 1 aliphatic rings. The largest absolute Gasteiger partial charge is 0.396 e. The molecule has 3 heterocycles. The topological polar surface area (TPSA) is 57.8 Å². The van der Waals surface area contributed by atoms with E-state index < -0.39 is 0 Å². The number of pyridine rings is 1. The van der Waals surface area contributed by atoms with Crippen LogP contribution in [0.1, 0.15) is 18.5 Å². The highest BCUT2D eigenvalue weighted by Crippen LogP contribution is 2.17. The van der Waals surface area contributed by atoms with Crippen LogP contribution in [0.25, 0.3) is 5.65 Å². The second-order valence-electron chi connectivity index (χ2n) is 5.41. The Labute approximate surface area is 117 Å². The fraction of sp³-hybridized carbons (Fsp3) is 0.467. The predicted octanol–water partition coefficient (Wildman–Crippen LogP) is 1.11. The van der Waals surface area contributed by atoms with Crippen LogP contribution < -0.4 is 0 Å². The van der Waals surface area contributed by atoms with Crippen LogP contribution in [0.3, 0.4) is 0 Å². The fourth-order valence-corrected chi connectivity index (χ4v) is 2.78. The monoisotopic (exact) mass is 273 g/mol. The van der Waals surface area contributed by atoms with Crippen LogP contribution in [-0.4, -0.2) is 45.0 Å². The zero-order chi connectivity index (χ0) is 13.9. The van der Waals surface area contributed by atoms with Crippen molar-refractivity contribution < 1.29 is 9.90 Å². The SMILES string of the molecule is O=C(Cc1cn2ccccc2n1)N1CCCC(CO)C1. The third-order valence-electron chi connectivity index (χ3n) is 3.88. The molecule has 1 atom stereocenters. The summed E-state index contributed by atoms with van der Waals surface area (Å²) < 4.78 is 1.93. The lowest BCUT2D eigenvalue weighted by molar-refractivity contribution is -0.132. The van der Waals surface area contributed by atoms with Gasteiger partial charge in [-0.15, -0.1) is 0 Å². The van der Waals surface area contributed by atoms with Crippen molar-refractivity contribution in [2.45, 2.75) is 19.3 Å². The van der Waals surface area contributed by atoms with Gasteiger partial charge in [0, 0.05) is 32.1 Å². The van der Waals surface area contributed by atoms with E-state index in [1.54, 1.807) is 0 Å². The number of hydrogen-bond donors (Lipinski definition) is 1. The van der Waals surface area contributed by atoms with Crippen molar-refractivity contribution in [1.82, 2.24) is 14.3 Å². The van der Waals surface area contributed by atoms with E-state index in [2.05, 4.69) is 4.98 Å². The first-order valence-corrected chi connectivity index (χ1v) is 7.07. The summed E-state index contributed by atoms with van der Waals surface area (Å²) in [5, 5.41) is 9.22. The highest BCUT2D eigenvalue weighted by atomic mass is 16.3. The standard InChI is InChI=1S/C15H19N3O2/c19-11-12-4-3-7-18(9-12)15(20)8-13-10-17-6-2-1-5-14(17)16-13/h1-2,5-6,10,12,19H,3-4,7-9,11H2. The first kappa shape index (κ1) is 13.1. The molecule has 1 unspecified atom stereocenters. The van der Waals surface area contributed by atoms with Crippen molar-refractivity contribution in [2.75, 3.05) is 19.7 Å². The van der Waals surface area contributed by atoms with Crippen LogP contribution in [-0.2, 0) is 11.2 Å². The summed E-state index contributed by atoms with van der Waals surface area (Å²) in [6.45, 7) is 1.63. The molecular weight excluding hydrogens is 254 g/mol. The maximum atomic E-state index is 12.3. The number of rotatable bonds is 3. The lowest BCUT2D eigenvalue weighted by Gasteiger charge is -2.31. The molecule has 1 fully saturated rings. The van der Waals surface area contributed by atoms with Crippen molar-refractivity contribution in [1.29, 1.82) is 0 Å². The van der Waals surface area contributed by atoms with Crippen molar-refractivity contribution in [3.63, 3.8) is 0 Å². The van der Waals surface area contributed by atoms with Crippen molar-refractivity contribution in [2.24, 2.45) is 5.92 Å². The van der Waals surface area contributed by atoms with Gasteiger partial charge in [0.25, 0.3) is 0 Å². The van der Waals surface area contributed by atoms with Gasteiger partial charge in [-0.1, -0.05) is 6.07 Å². The number of nitrogens with zero attached hydrogens (tertiary/aromatic N) is 3. The van der Waals surface area contributed by atoms with E-state index in [0.717, 1.165) is 30.7 Å². The van der Waals surface area contributed by atoms with Gasteiger partial charge >= 0.3 is 0 Å². The molecular formula is C15H19N3O2. The van der Waals surface area contributed by atoms with E-state index in [-0.39, 0.29) is 18.4 Å². The molecule has 0 saturated carbocycles. The number of aliphatic hydroxyl groups excluding tert-OH is 1. The maximum absolute atomic E-state index is 12.3. The van der Waals surface area contributed by atoms with Gasteiger partial charge in [0.05, 0.1) is 12.1 Å². The Bertz CT molecular complexity index is 575. The average Bonchev–Trinajstić information content (AvgIpc) is 2.89. The number of aromatic nitrogens is 2. The molecule has 20 heavy (non-hydrogen) atoms. The molecule has 0 radical (unpaired) electrons. The van der Waals surface area contributed by atoms with Gasteiger partial charge < -0.3 is 14.4 Å². The van der Waals surface area contributed by atoms with E-state index in [9.17, 15) is 9.90 Å².